The molecule has 0 bridgehead atoms. The maximum absolute atomic E-state index is 12.1. The van der Waals surface area contributed by atoms with E-state index in [1.165, 1.54) is 0 Å². The van der Waals surface area contributed by atoms with E-state index in [2.05, 4.69) is 34.6 Å². The first-order valence-corrected chi connectivity index (χ1v) is 18.0. The van der Waals surface area contributed by atoms with Crippen LogP contribution in [0, 0.1) is 45.3 Å². The summed E-state index contributed by atoms with van der Waals surface area (Å²) in [5, 5.41) is 74.6. The predicted molar refractivity (Wildman–Crippen MR) is 169 cm³/mol. The van der Waals surface area contributed by atoms with Crippen LogP contribution < -0.4 is 0 Å². The van der Waals surface area contributed by atoms with Crippen LogP contribution in [0.25, 0.3) is 0 Å². The molecular weight excluding hydrogens is 592 g/mol. The zero-order valence-electron chi connectivity index (χ0n) is 29.1. The predicted octanol–water partition coefficient (Wildman–Crippen LogP) is 2.51. The van der Waals surface area contributed by atoms with Gasteiger partial charge in [-0.25, -0.2) is 0 Å². The van der Waals surface area contributed by atoms with Crippen LogP contribution in [0.5, 0.6) is 0 Å². The van der Waals surface area contributed by atoms with E-state index in [0.717, 1.165) is 38.5 Å². The zero-order valence-corrected chi connectivity index (χ0v) is 29.1. The molecule has 0 aromatic carbocycles. The van der Waals surface area contributed by atoms with Gasteiger partial charge < -0.3 is 50.0 Å². The number of aliphatic hydroxyl groups is 7. The van der Waals surface area contributed by atoms with Crippen molar-refractivity contribution in [1.29, 1.82) is 0 Å². The Morgan fingerprint density at radius 3 is 2.13 bits per heavy atom. The first-order chi connectivity index (χ1) is 21.3. The van der Waals surface area contributed by atoms with Gasteiger partial charge in [0.15, 0.2) is 6.29 Å². The van der Waals surface area contributed by atoms with E-state index in [1.54, 1.807) is 0 Å². The molecule has 17 atom stereocenters. The molecule has 0 spiro atoms. The highest BCUT2D eigenvalue weighted by Crippen LogP contribution is 2.76. The van der Waals surface area contributed by atoms with Gasteiger partial charge in [0, 0.05) is 0 Å². The van der Waals surface area contributed by atoms with Crippen molar-refractivity contribution in [3.8, 4) is 0 Å². The number of fused-ring (bicyclic) bond motifs is 5. The number of ether oxygens (including phenoxy) is 3. The van der Waals surface area contributed by atoms with Crippen molar-refractivity contribution in [3.63, 3.8) is 0 Å². The largest absolute Gasteiger partial charge is 0.394 e. The molecule has 6 aliphatic rings. The molecule has 6 fully saturated rings. The molecule has 7 N–H and O–H groups in total. The SMILES string of the molecule is CC1(C)[C@@H](O[C@@H]2O[C@H](CO)[C@@H](O)[C@H](O)[C@H]2O)CC[C@]2(C)[C@H]3C[C@@H](O)[C@@H]4[C@@H]([C@@](C)(O)CC[C@@H]5O[C@@]5(C)CO)CC[C@@]4(C)[C@]3(C)CC[C@@H]12. The van der Waals surface area contributed by atoms with Gasteiger partial charge in [0.25, 0.3) is 0 Å². The molecule has 10 nitrogen and oxygen atoms in total. The van der Waals surface area contributed by atoms with Crippen molar-refractivity contribution in [1.82, 2.24) is 0 Å². The summed E-state index contributed by atoms with van der Waals surface area (Å²) < 4.78 is 17.9. The maximum atomic E-state index is 12.1. The molecule has 46 heavy (non-hydrogen) atoms. The van der Waals surface area contributed by atoms with Crippen LogP contribution in [0.1, 0.15) is 106 Å². The normalized spacial score (nSPS) is 56.0. The number of epoxide rings is 1. The van der Waals surface area contributed by atoms with E-state index >= 15 is 0 Å². The number of hydrogen-bond donors (Lipinski definition) is 7. The van der Waals surface area contributed by atoms with E-state index in [1.807, 2.05) is 13.8 Å². The van der Waals surface area contributed by atoms with Gasteiger partial charge in [0.05, 0.1) is 37.1 Å². The summed E-state index contributed by atoms with van der Waals surface area (Å²) in [4.78, 5) is 0. The van der Waals surface area contributed by atoms with Crippen molar-refractivity contribution in [2.75, 3.05) is 13.2 Å². The lowest BCUT2D eigenvalue weighted by Gasteiger charge is -2.70. The average molecular weight is 655 g/mol. The highest BCUT2D eigenvalue weighted by Gasteiger charge is 2.71. The van der Waals surface area contributed by atoms with Gasteiger partial charge in [-0.1, -0.05) is 34.6 Å². The molecule has 266 valence electrons. The summed E-state index contributed by atoms with van der Waals surface area (Å²) in [5.74, 6) is 0.575. The molecule has 10 heteroatoms. The molecule has 2 aliphatic heterocycles. The third kappa shape index (κ3) is 5.10. The molecule has 4 saturated carbocycles. The number of hydrogen-bond acceptors (Lipinski definition) is 10. The van der Waals surface area contributed by atoms with Crippen LogP contribution in [-0.2, 0) is 14.2 Å². The number of rotatable bonds is 8. The van der Waals surface area contributed by atoms with Crippen LogP contribution in [0.4, 0.5) is 0 Å². The van der Waals surface area contributed by atoms with E-state index in [9.17, 15) is 35.7 Å². The van der Waals surface area contributed by atoms with Crippen LogP contribution in [0.15, 0.2) is 0 Å². The molecule has 0 radical (unpaired) electrons. The van der Waals surface area contributed by atoms with Crippen LogP contribution in [-0.4, -0.2) is 109 Å². The Hall–Kier alpha value is -0.400. The summed E-state index contributed by atoms with van der Waals surface area (Å²) in [6, 6.07) is 0. The lowest BCUT2D eigenvalue weighted by molar-refractivity contribution is -0.332. The maximum Gasteiger partial charge on any atom is 0.186 e. The van der Waals surface area contributed by atoms with Crippen LogP contribution in [0.3, 0.4) is 0 Å². The minimum absolute atomic E-state index is 0.00551. The Morgan fingerprint density at radius 2 is 1.50 bits per heavy atom. The third-order valence-electron chi connectivity index (χ3n) is 15.5. The first-order valence-electron chi connectivity index (χ1n) is 18.0. The summed E-state index contributed by atoms with van der Waals surface area (Å²) in [6.45, 7) is 15.1. The van der Waals surface area contributed by atoms with Crippen molar-refractivity contribution in [3.05, 3.63) is 0 Å². The fraction of sp³-hybridized carbons (Fsp3) is 1.00. The Morgan fingerprint density at radius 1 is 0.826 bits per heavy atom. The third-order valence-corrected chi connectivity index (χ3v) is 15.5. The van der Waals surface area contributed by atoms with Gasteiger partial charge in [-0.15, -0.1) is 0 Å². The fourth-order valence-corrected chi connectivity index (χ4v) is 12.4. The topological polar surface area (TPSA) is 173 Å². The van der Waals surface area contributed by atoms with Crippen LogP contribution in [0.2, 0.25) is 0 Å². The zero-order chi connectivity index (χ0) is 33.8. The summed E-state index contributed by atoms with van der Waals surface area (Å²) in [7, 11) is 0. The Kier molecular flexibility index (Phi) is 8.91. The molecular formula is C36H62O10. The van der Waals surface area contributed by atoms with Crippen LogP contribution >= 0.6 is 0 Å². The molecule has 0 amide bonds. The number of aliphatic hydroxyl groups excluding tert-OH is 6. The highest BCUT2D eigenvalue weighted by atomic mass is 16.7. The van der Waals surface area contributed by atoms with Gasteiger partial charge >= 0.3 is 0 Å². The van der Waals surface area contributed by atoms with Gasteiger partial charge in [0.1, 0.15) is 30.0 Å². The molecule has 2 heterocycles. The van der Waals surface area contributed by atoms with E-state index in [0.29, 0.717) is 19.3 Å². The minimum atomic E-state index is -1.47. The molecule has 0 aromatic rings. The second-order valence-corrected chi connectivity index (χ2v) is 18.1. The molecule has 6 rings (SSSR count). The molecule has 2 saturated heterocycles. The quantitative estimate of drug-likeness (QED) is 0.152. The smallest absolute Gasteiger partial charge is 0.186 e. The lowest BCUT2D eigenvalue weighted by Crippen LogP contribution is -2.67. The van der Waals surface area contributed by atoms with E-state index in [-0.39, 0.29) is 64.1 Å². The summed E-state index contributed by atoms with van der Waals surface area (Å²) >= 11 is 0. The van der Waals surface area contributed by atoms with Crippen molar-refractivity contribution < 1.29 is 50.0 Å². The monoisotopic (exact) mass is 654 g/mol. The van der Waals surface area contributed by atoms with E-state index < -0.39 is 54.6 Å². The first kappa shape index (κ1) is 35.4. The Balaban J connectivity index is 1.20. The van der Waals surface area contributed by atoms with Gasteiger partial charge in [-0.05, 0) is 117 Å². The molecule has 0 aromatic heterocycles. The minimum Gasteiger partial charge on any atom is -0.394 e. The Labute approximate surface area is 274 Å². The average Bonchev–Trinajstić information content (AvgIpc) is 3.50. The van der Waals surface area contributed by atoms with E-state index in [4.69, 9.17) is 14.2 Å². The summed E-state index contributed by atoms with van der Waals surface area (Å²) in [6.07, 6.45) is 0.208. The summed E-state index contributed by atoms with van der Waals surface area (Å²) in [5.41, 5.74) is -1.92. The molecule has 0 unspecified atom stereocenters. The second kappa shape index (κ2) is 11.6. The standard InChI is InChI=1S/C36H62O10/c1-31(2)22-9-14-33(4)23(32(22,3)12-10-24(31)45-30-29(42)28(41)27(40)21(17-37)44-30)16-20(39)26-19(8-13-34(26,33)5)35(6,43)15-11-25-36(7,18-38)46-25/h19-30,37-43H,8-18H2,1-7H3/t19-,20+,21+,22-,23+,24-,25-,26-,27+,28-,29+,30-,32-,33+,34+,35-,36-/m0/s1. The van der Waals surface area contributed by atoms with Gasteiger partial charge in [-0.3, -0.25) is 0 Å². The fourth-order valence-electron chi connectivity index (χ4n) is 12.4. The Bertz CT molecular complexity index is 1130. The van der Waals surface area contributed by atoms with Gasteiger partial charge in [-0.2, -0.15) is 0 Å². The highest BCUT2D eigenvalue weighted by molar-refractivity contribution is 5.20. The lowest BCUT2D eigenvalue weighted by atomic mass is 9.35. The van der Waals surface area contributed by atoms with Crippen molar-refractivity contribution in [2.24, 2.45) is 45.3 Å². The van der Waals surface area contributed by atoms with Gasteiger partial charge in [0.2, 0.25) is 0 Å². The second-order valence-electron chi connectivity index (χ2n) is 18.1. The van der Waals surface area contributed by atoms with Crippen molar-refractivity contribution >= 4 is 0 Å². The van der Waals surface area contributed by atoms with Crippen molar-refractivity contribution in [2.45, 2.75) is 166 Å². The molecule has 4 aliphatic carbocycles.